The molecule has 0 spiro atoms. The second-order valence-electron chi connectivity index (χ2n) is 3.32. The Bertz CT molecular complexity index is 372. The maximum absolute atomic E-state index is 10.8. The third kappa shape index (κ3) is 2.65. The summed E-state index contributed by atoms with van der Waals surface area (Å²) in [6.45, 7) is 4.24. The largest absolute Gasteiger partial charge is 0.492 e. The molecular formula is C12H15NO2. The Labute approximate surface area is 89.6 Å². The second-order valence-corrected chi connectivity index (χ2v) is 3.32. The number of benzene rings is 1. The van der Waals surface area contributed by atoms with Gasteiger partial charge in [-0.1, -0.05) is 13.0 Å². The van der Waals surface area contributed by atoms with Gasteiger partial charge in [-0.25, -0.2) is 0 Å². The lowest BCUT2D eigenvalue weighted by atomic mass is 10.1. The summed E-state index contributed by atoms with van der Waals surface area (Å²) in [7, 11) is 0. The fourth-order valence-electron chi connectivity index (χ4n) is 1.31. The molecule has 0 aliphatic heterocycles. The van der Waals surface area contributed by atoms with Gasteiger partial charge in [0.2, 0.25) is 0 Å². The first-order valence-corrected chi connectivity index (χ1v) is 4.97. The molecule has 0 saturated heterocycles. The van der Waals surface area contributed by atoms with E-state index in [1.807, 2.05) is 6.92 Å². The minimum absolute atomic E-state index is 0.407. The molecule has 1 aromatic rings. The van der Waals surface area contributed by atoms with E-state index in [1.165, 1.54) is 0 Å². The minimum atomic E-state index is 0.407. The number of rotatable bonds is 5. The Morgan fingerprint density at radius 1 is 1.53 bits per heavy atom. The Morgan fingerprint density at radius 3 is 2.80 bits per heavy atom. The SMILES string of the molecule is CCCOc1c(C=O)cccc1C(C)=N. The van der Waals surface area contributed by atoms with Crippen molar-refractivity contribution in [3.8, 4) is 5.75 Å². The fourth-order valence-corrected chi connectivity index (χ4v) is 1.31. The predicted octanol–water partition coefficient (Wildman–Crippen LogP) is 2.68. The number of carbonyl (C=O) groups excluding carboxylic acids is 1. The number of hydrogen-bond donors (Lipinski definition) is 1. The van der Waals surface area contributed by atoms with Crippen molar-refractivity contribution < 1.29 is 9.53 Å². The molecule has 3 heteroatoms. The number of hydrogen-bond acceptors (Lipinski definition) is 3. The molecule has 1 N–H and O–H groups in total. The van der Waals surface area contributed by atoms with Crippen LogP contribution in [0.25, 0.3) is 0 Å². The summed E-state index contributed by atoms with van der Waals surface area (Å²) in [6.07, 6.45) is 1.64. The quantitative estimate of drug-likeness (QED) is 0.593. The van der Waals surface area contributed by atoms with Crippen molar-refractivity contribution in [3.63, 3.8) is 0 Å². The standard InChI is InChI=1S/C12H15NO2/c1-3-7-15-12-10(8-14)5-4-6-11(12)9(2)13/h4-6,8,13H,3,7H2,1-2H3. The summed E-state index contributed by atoms with van der Waals surface area (Å²) in [5, 5.41) is 7.59. The van der Waals surface area contributed by atoms with Crippen LogP contribution < -0.4 is 4.74 Å². The molecule has 1 rings (SSSR count). The normalized spacial score (nSPS) is 9.73. The first kappa shape index (κ1) is 11.4. The van der Waals surface area contributed by atoms with Crippen LogP contribution in [-0.4, -0.2) is 18.6 Å². The molecule has 1 aromatic carbocycles. The van der Waals surface area contributed by atoms with E-state index in [-0.39, 0.29) is 0 Å². The number of aldehydes is 1. The molecule has 0 fully saturated rings. The van der Waals surface area contributed by atoms with Gasteiger partial charge >= 0.3 is 0 Å². The minimum Gasteiger partial charge on any atom is -0.492 e. The van der Waals surface area contributed by atoms with Gasteiger partial charge in [-0.3, -0.25) is 4.79 Å². The summed E-state index contributed by atoms with van der Waals surface area (Å²) in [4.78, 5) is 10.8. The Hall–Kier alpha value is -1.64. The van der Waals surface area contributed by atoms with Crippen LogP contribution in [0, 0.1) is 5.41 Å². The highest BCUT2D eigenvalue weighted by Gasteiger charge is 2.10. The van der Waals surface area contributed by atoms with E-state index < -0.39 is 0 Å². The molecule has 0 unspecified atom stereocenters. The molecule has 0 atom stereocenters. The lowest BCUT2D eigenvalue weighted by Gasteiger charge is -2.11. The highest BCUT2D eigenvalue weighted by Crippen LogP contribution is 2.23. The summed E-state index contributed by atoms with van der Waals surface area (Å²) >= 11 is 0. The van der Waals surface area contributed by atoms with Crippen LogP contribution in [0.2, 0.25) is 0 Å². The van der Waals surface area contributed by atoms with Crippen molar-refractivity contribution >= 4 is 12.0 Å². The molecular weight excluding hydrogens is 190 g/mol. The third-order valence-corrected chi connectivity index (χ3v) is 2.03. The number of nitrogens with one attached hydrogen (secondary N) is 1. The summed E-state index contributed by atoms with van der Waals surface area (Å²) in [5.74, 6) is 0.529. The molecule has 0 aromatic heterocycles. The highest BCUT2D eigenvalue weighted by molar-refractivity contribution is 6.01. The van der Waals surface area contributed by atoms with Crippen molar-refractivity contribution in [2.24, 2.45) is 0 Å². The molecule has 0 aliphatic rings. The molecule has 0 aliphatic carbocycles. The van der Waals surface area contributed by atoms with Crippen molar-refractivity contribution in [1.29, 1.82) is 5.41 Å². The Kier molecular flexibility index (Phi) is 4.03. The Morgan fingerprint density at radius 2 is 2.27 bits per heavy atom. The van der Waals surface area contributed by atoms with Crippen LogP contribution in [0.15, 0.2) is 18.2 Å². The van der Waals surface area contributed by atoms with Gasteiger partial charge in [0.1, 0.15) is 5.75 Å². The van der Waals surface area contributed by atoms with E-state index in [0.29, 0.717) is 29.2 Å². The first-order valence-electron chi connectivity index (χ1n) is 4.97. The monoisotopic (exact) mass is 205 g/mol. The van der Waals surface area contributed by atoms with Gasteiger partial charge in [0.15, 0.2) is 6.29 Å². The van der Waals surface area contributed by atoms with Crippen LogP contribution in [0.1, 0.15) is 36.2 Å². The maximum Gasteiger partial charge on any atom is 0.153 e. The smallest absolute Gasteiger partial charge is 0.153 e. The zero-order chi connectivity index (χ0) is 11.3. The second kappa shape index (κ2) is 5.29. The molecule has 0 saturated carbocycles. The summed E-state index contributed by atoms with van der Waals surface area (Å²) in [5.41, 5.74) is 1.60. The summed E-state index contributed by atoms with van der Waals surface area (Å²) in [6, 6.07) is 5.25. The van der Waals surface area contributed by atoms with Gasteiger partial charge in [-0.05, 0) is 25.5 Å². The van der Waals surface area contributed by atoms with Crippen LogP contribution in [0.4, 0.5) is 0 Å². The average Bonchev–Trinajstić information content (AvgIpc) is 2.25. The molecule has 80 valence electrons. The molecule has 0 amide bonds. The van der Waals surface area contributed by atoms with Crippen molar-refractivity contribution in [1.82, 2.24) is 0 Å². The molecule has 15 heavy (non-hydrogen) atoms. The highest BCUT2D eigenvalue weighted by atomic mass is 16.5. The molecule has 0 bridgehead atoms. The maximum atomic E-state index is 10.8. The van der Waals surface area contributed by atoms with Gasteiger partial charge in [0.05, 0.1) is 12.2 Å². The van der Waals surface area contributed by atoms with E-state index in [1.54, 1.807) is 25.1 Å². The van der Waals surface area contributed by atoms with Crippen molar-refractivity contribution in [2.45, 2.75) is 20.3 Å². The van der Waals surface area contributed by atoms with Crippen LogP contribution in [0.5, 0.6) is 5.75 Å². The van der Waals surface area contributed by atoms with Crippen molar-refractivity contribution in [3.05, 3.63) is 29.3 Å². The van der Waals surface area contributed by atoms with Gasteiger partial charge in [0.25, 0.3) is 0 Å². The van der Waals surface area contributed by atoms with E-state index >= 15 is 0 Å². The van der Waals surface area contributed by atoms with E-state index in [9.17, 15) is 4.79 Å². The zero-order valence-corrected chi connectivity index (χ0v) is 9.04. The third-order valence-electron chi connectivity index (χ3n) is 2.03. The number of para-hydroxylation sites is 1. The molecule has 3 nitrogen and oxygen atoms in total. The number of carbonyl (C=O) groups is 1. The lowest BCUT2D eigenvalue weighted by molar-refractivity contribution is 0.111. The van der Waals surface area contributed by atoms with Crippen LogP contribution >= 0.6 is 0 Å². The lowest BCUT2D eigenvalue weighted by Crippen LogP contribution is -2.04. The zero-order valence-electron chi connectivity index (χ0n) is 9.04. The van der Waals surface area contributed by atoms with Crippen LogP contribution in [0.3, 0.4) is 0 Å². The van der Waals surface area contributed by atoms with Crippen LogP contribution in [-0.2, 0) is 0 Å². The fraction of sp³-hybridized carbons (Fsp3) is 0.333. The first-order chi connectivity index (χ1) is 7.20. The van der Waals surface area contributed by atoms with Gasteiger partial charge < -0.3 is 10.1 Å². The predicted molar refractivity (Wildman–Crippen MR) is 60.1 cm³/mol. The van der Waals surface area contributed by atoms with E-state index in [0.717, 1.165) is 12.7 Å². The van der Waals surface area contributed by atoms with Gasteiger partial charge in [0, 0.05) is 11.3 Å². The van der Waals surface area contributed by atoms with E-state index in [2.05, 4.69) is 0 Å². The Balaban J connectivity index is 3.14. The summed E-state index contributed by atoms with van der Waals surface area (Å²) < 4.78 is 5.50. The number of ether oxygens (including phenoxy) is 1. The van der Waals surface area contributed by atoms with Gasteiger partial charge in [-0.15, -0.1) is 0 Å². The van der Waals surface area contributed by atoms with Gasteiger partial charge in [-0.2, -0.15) is 0 Å². The molecule has 0 radical (unpaired) electrons. The van der Waals surface area contributed by atoms with Crippen molar-refractivity contribution in [2.75, 3.05) is 6.61 Å². The topological polar surface area (TPSA) is 50.2 Å². The van der Waals surface area contributed by atoms with E-state index in [4.69, 9.17) is 10.1 Å². The average molecular weight is 205 g/mol. The molecule has 0 heterocycles.